The molecule has 16 heavy (non-hydrogen) atoms. The molecule has 0 aliphatic heterocycles. The van der Waals surface area contributed by atoms with Crippen LogP contribution in [0.1, 0.15) is 0 Å². The third-order valence-electron chi connectivity index (χ3n) is 2.36. The number of aromatic amines is 1. The monoisotopic (exact) mass is 219 g/mol. The van der Waals surface area contributed by atoms with Crippen LogP contribution in [0.25, 0.3) is 11.1 Å². The molecule has 0 unspecified atom stereocenters. The van der Waals surface area contributed by atoms with E-state index in [1.807, 2.05) is 0 Å². The minimum Gasteiger partial charge on any atom is -0.496 e. The topological polar surface area (TPSA) is 73.2 Å². The quantitative estimate of drug-likeness (QED) is 0.770. The Kier molecular flexibility index (Phi) is 2.68. The van der Waals surface area contributed by atoms with E-state index in [1.54, 1.807) is 38.7 Å². The number of benzene rings is 1. The van der Waals surface area contributed by atoms with Crippen molar-refractivity contribution < 1.29 is 9.47 Å². The van der Waals surface area contributed by atoms with Gasteiger partial charge in [-0.2, -0.15) is 5.10 Å². The highest BCUT2D eigenvalue weighted by molar-refractivity contribution is 5.81. The van der Waals surface area contributed by atoms with Gasteiger partial charge in [-0.1, -0.05) is 0 Å². The number of anilines is 1. The Morgan fingerprint density at radius 3 is 2.62 bits per heavy atom. The number of hydrogen-bond donors (Lipinski definition) is 2. The van der Waals surface area contributed by atoms with Gasteiger partial charge in [-0.25, -0.2) is 0 Å². The number of nitrogens with one attached hydrogen (secondary N) is 1. The van der Waals surface area contributed by atoms with E-state index < -0.39 is 0 Å². The van der Waals surface area contributed by atoms with E-state index in [-0.39, 0.29) is 0 Å². The number of aromatic nitrogens is 2. The number of rotatable bonds is 3. The van der Waals surface area contributed by atoms with Crippen LogP contribution in [0.4, 0.5) is 5.69 Å². The standard InChI is InChI=1S/C11H13N3O2/c1-15-9-4-3-8(12)11(16-2)10(9)7-5-13-14-6-7/h3-6H,12H2,1-2H3,(H,13,14). The van der Waals surface area contributed by atoms with Gasteiger partial charge < -0.3 is 15.2 Å². The molecule has 1 heterocycles. The summed E-state index contributed by atoms with van der Waals surface area (Å²) in [7, 11) is 3.18. The number of H-pyrrole nitrogens is 1. The summed E-state index contributed by atoms with van der Waals surface area (Å²) in [5.41, 5.74) is 8.10. The van der Waals surface area contributed by atoms with Gasteiger partial charge in [-0.05, 0) is 12.1 Å². The second-order valence-electron chi connectivity index (χ2n) is 3.25. The summed E-state index contributed by atoms with van der Waals surface area (Å²) in [6.07, 6.45) is 3.46. The number of hydrogen-bond acceptors (Lipinski definition) is 4. The Hall–Kier alpha value is -2.17. The molecule has 0 spiro atoms. The molecule has 0 atom stereocenters. The van der Waals surface area contributed by atoms with E-state index in [2.05, 4.69) is 10.2 Å². The number of nitrogens with two attached hydrogens (primary N) is 1. The molecule has 0 aliphatic carbocycles. The lowest BCUT2D eigenvalue weighted by Crippen LogP contribution is -1.97. The molecule has 0 bridgehead atoms. The van der Waals surface area contributed by atoms with Gasteiger partial charge in [-0.15, -0.1) is 0 Å². The van der Waals surface area contributed by atoms with Crippen LogP contribution in [-0.4, -0.2) is 24.4 Å². The summed E-state index contributed by atoms with van der Waals surface area (Å²) >= 11 is 0. The summed E-state index contributed by atoms with van der Waals surface area (Å²) in [6.45, 7) is 0. The van der Waals surface area contributed by atoms with Crippen LogP contribution < -0.4 is 15.2 Å². The lowest BCUT2D eigenvalue weighted by Gasteiger charge is -2.13. The van der Waals surface area contributed by atoms with Crippen LogP contribution in [0.15, 0.2) is 24.5 Å². The molecular weight excluding hydrogens is 206 g/mol. The van der Waals surface area contributed by atoms with E-state index in [1.165, 1.54) is 0 Å². The summed E-state index contributed by atoms with van der Waals surface area (Å²) in [5.74, 6) is 1.30. The maximum atomic E-state index is 5.85. The molecule has 1 aromatic heterocycles. The number of nitrogen functional groups attached to an aromatic ring is 1. The zero-order valence-corrected chi connectivity index (χ0v) is 9.15. The van der Waals surface area contributed by atoms with Crippen molar-refractivity contribution in [3.05, 3.63) is 24.5 Å². The maximum absolute atomic E-state index is 5.85. The fraction of sp³-hybridized carbons (Fsp3) is 0.182. The molecule has 3 N–H and O–H groups in total. The molecule has 84 valence electrons. The van der Waals surface area contributed by atoms with Crippen molar-refractivity contribution in [2.24, 2.45) is 0 Å². The zero-order chi connectivity index (χ0) is 11.5. The van der Waals surface area contributed by atoms with E-state index in [9.17, 15) is 0 Å². The SMILES string of the molecule is COc1ccc(N)c(OC)c1-c1cn[nH]c1. The predicted octanol–water partition coefficient (Wildman–Crippen LogP) is 1.68. The highest BCUT2D eigenvalue weighted by Gasteiger charge is 2.15. The average Bonchev–Trinajstić information content (AvgIpc) is 2.81. The highest BCUT2D eigenvalue weighted by atomic mass is 16.5. The van der Waals surface area contributed by atoms with E-state index in [0.29, 0.717) is 17.2 Å². The zero-order valence-electron chi connectivity index (χ0n) is 9.15. The van der Waals surface area contributed by atoms with Crippen molar-refractivity contribution in [1.82, 2.24) is 10.2 Å². The first-order chi connectivity index (χ1) is 7.77. The van der Waals surface area contributed by atoms with Crippen molar-refractivity contribution >= 4 is 5.69 Å². The van der Waals surface area contributed by atoms with Crippen molar-refractivity contribution in [2.45, 2.75) is 0 Å². The van der Waals surface area contributed by atoms with Crippen LogP contribution in [0, 0.1) is 0 Å². The second kappa shape index (κ2) is 4.14. The first-order valence-corrected chi connectivity index (χ1v) is 4.77. The Balaban J connectivity index is 2.68. The van der Waals surface area contributed by atoms with Gasteiger partial charge in [0.1, 0.15) is 5.75 Å². The molecule has 1 aromatic carbocycles. The Bertz CT molecular complexity index is 480. The molecule has 0 aliphatic rings. The average molecular weight is 219 g/mol. The molecule has 5 nitrogen and oxygen atoms in total. The number of nitrogens with zero attached hydrogens (tertiary/aromatic N) is 1. The number of ether oxygens (including phenoxy) is 2. The van der Waals surface area contributed by atoms with Crippen LogP contribution in [0.2, 0.25) is 0 Å². The van der Waals surface area contributed by atoms with Gasteiger partial charge in [-0.3, -0.25) is 5.10 Å². The van der Waals surface area contributed by atoms with Crippen molar-refractivity contribution in [2.75, 3.05) is 20.0 Å². The first-order valence-electron chi connectivity index (χ1n) is 4.77. The Morgan fingerprint density at radius 2 is 2.06 bits per heavy atom. The van der Waals surface area contributed by atoms with Crippen LogP contribution in [-0.2, 0) is 0 Å². The van der Waals surface area contributed by atoms with Gasteiger partial charge in [0.2, 0.25) is 0 Å². The number of methoxy groups -OCH3 is 2. The molecular formula is C11H13N3O2. The van der Waals surface area contributed by atoms with Crippen molar-refractivity contribution in [3.8, 4) is 22.6 Å². The van der Waals surface area contributed by atoms with E-state index in [4.69, 9.17) is 15.2 Å². The predicted molar refractivity (Wildman–Crippen MR) is 61.5 cm³/mol. The van der Waals surface area contributed by atoms with Gasteiger partial charge in [0.15, 0.2) is 5.75 Å². The second-order valence-corrected chi connectivity index (χ2v) is 3.25. The minimum absolute atomic E-state index is 0.569. The van der Waals surface area contributed by atoms with E-state index >= 15 is 0 Å². The minimum atomic E-state index is 0.569. The van der Waals surface area contributed by atoms with Crippen molar-refractivity contribution in [3.63, 3.8) is 0 Å². The van der Waals surface area contributed by atoms with Crippen LogP contribution >= 0.6 is 0 Å². The lowest BCUT2D eigenvalue weighted by molar-refractivity contribution is 0.399. The summed E-state index contributed by atoms with van der Waals surface area (Å²) < 4.78 is 10.6. The third kappa shape index (κ3) is 1.56. The Labute approximate surface area is 93.2 Å². The maximum Gasteiger partial charge on any atom is 0.153 e. The van der Waals surface area contributed by atoms with Gasteiger partial charge in [0.25, 0.3) is 0 Å². The fourth-order valence-corrected chi connectivity index (χ4v) is 1.63. The largest absolute Gasteiger partial charge is 0.496 e. The molecule has 2 rings (SSSR count). The molecule has 2 aromatic rings. The van der Waals surface area contributed by atoms with Gasteiger partial charge in [0.05, 0.1) is 31.7 Å². The molecule has 0 saturated carbocycles. The third-order valence-corrected chi connectivity index (χ3v) is 2.36. The molecule has 0 amide bonds. The normalized spacial score (nSPS) is 10.1. The smallest absolute Gasteiger partial charge is 0.153 e. The van der Waals surface area contributed by atoms with E-state index in [0.717, 1.165) is 11.1 Å². The molecule has 0 fully saturated rings. The summed E-state index contributed by atoms with van der Waals surface area (Å²) in [6, 6.07) is 3.56. The fourth-order valence-electron chi connectivity index (χ4n) is 1.63. The van der Waals surface area contributed by atoms with Crippen LogP contribution in [0.3, 0.4) is 0 Å². The summed E-state index contributed by atoms with van der Waals surface area (Å²) in [5, 5.41) is 6.65. The molecule has 0 radical (unpaired) electrons. The molecule has 0 saturated heterocycles. The Morgan fingerprint density at radius 1 is 1.25 bits per heavy atom. The van der Waals surface area contributed by atoms with Crippen LogP contribution in [0.5, 0.6) is 11.5 Å². The molecule has 5 heteroatoms. The van der Waals surface area contributed by atoms with Gasteiger partial charge in [0, 0.05) is 11.8 Å². The highest BCUT2D eigenvalue weighted by Crippen LogP contribution is 2.41. The first kappa shape index (κ1) is 10.4. The summed E-state index contributed by atoms with van der Waals surface area (Å²) in [4.78, 5) is 0. The van der Waals surface area contributed by atoms with Crippen molar-refractivity contribution in [1.29, 1.82) is 0 Å². The lowest BCUT2D eigenvalue weighted by atomic mass is 10.1. The van der Waals surface area contributed by atoms with Gasteiger partial charge >= 0.3 is 0 Å².